The molecule has 1 aliphatic rings. The Bertz CT molecular complexity index is 787. The van der Waals surface area contributed by atoms with Crippen LogP contribution in [0.2, 0.25) is 0 Å². The molecule has 0 fully saturated rings. The summed E-state index contributed by atoms with van der Waals surface area (Å²) >= 11 is 0. The maximum Gasteiger partial charge on any atom is 0.251 e. The smallest absolute Gasteiger partial charge is 0.251 e. The number of H-pyrrole nitrogens is 1. The van der Waals surface area contributed by atoms with Gasteiger partial charge in [0.1, 0.15) is 11.6 Å². The van der Waals surface area contributed by atoms with E-state index in [1.165, 1.54) is 24.0 Å². The number of benzene rings is 1. The van der Waals surface area contributed by atoms with Gasteiger partial charge in [0, 0.05) is 12.1 Å². The Hall–Kier alpha value is -2.81. The van der Waals surface area contributed by atoms with E-state index in [1.807, 2.05) is 18.2 Å². The molecular weight excluding hydrogens is 302 g/mol. The van der Waals surface area contributed by atoms with Crippen molar-refractivity contribution in [2.24, 2.45) is 0 Å². The molecule has 0 saturated heterocycles. The SMILES string of the molecule is N#Cc1c(N)n[nH]c1CCCNC(=O)c1ccc2c(c1)CCCC2. The molecule has 6 heteroatoms. The molecular formula is C18H21N5O. The van der Waals surface area contributed by atoms with Crippen LogP contribution in [0.4, 0.5) is 5.82 Å². The Kier molecular flexibility index (Phi) is 4.80. The van der Waals surface area contributed by atoms with Gasteiger partial charge in [0.2, 0.25) is 0 Å². The van der Waals surface area contributed by atoms with E-state index in [4.69, 9.17) is 11.0 Å². The maximum absolute atomic E-state index is 12.3. The Morgan fingerprint density at radius 1 is 1.33 bits per heavy atom. The number of amides is 1. The third kappa shape index (κ3) is 3.40. The van der Waals surface area contributed by atoms with Gasteiger partial charge in [0.05, 0.1) is 5.69 Å². The number of nitrogen functional groups attached to an aromatic ring is 1. The fraction of sp³-hybridized carbons (Fsp3) is 0.389. The number of carbonyl (C=O) groups excluding carboxylic acids is 1. The van der Waals surface area contributed by atoms with Gasteiger partial charge in [0.15, 0.2) is 5.82 Å². The van der Waals surface area contributed by atoms with Crippen LogP contribution in [-0.4, -0.2) is 22.6 Å². The first kappa shape index (κ1) is 16.1. The Morgan fingerprint density at radius 2 is 2.12 bits per heavy atom. The van der Waals surface area contributed by atoms with E-state index in [9.17, 15) is 4.79 Å². The number of aryl methyl sites for hydroxylation is 3. The van der Waals surface area contributed by atoms with Crippen molar-refractivity contribution in [3.05, 3.63) is 46.1 Å². The molecule has 1 aromatic heterocycles. The zero-order valence-corrected chi connectivity index (χ0v) is 13.6. The zero-order chi connectivity index (χ0) is 16.9. The largest absolute Gasteiger partial charge is 0.381 e. The van der Waals surface area contributed by atoms with Crippen molar-refractivity contribution in [3.63, 3.8) is 0 Å². The molecule has 24 heavy (non-hydrogen) atoms. The number of nitrogens with zero attached hydrogens (tertiary/aromatic N) is 2. The first-order chi connectivity index (χ1) is 11.7. The van der Waals surface area contributed by atoms with Crippen molar-refractivity contribution in [2.45, 2.75) is 38.5 Å². The van der Waals surface area contributed by atoms with Gasteiger partial charge in [-0.05, 0) is 61.8 Å². The van der Waals surface area contributed by atoms with Crippen LogP contribution in [0.25, 0.3) is 0 Å². The molecule has 0 spiro atoms. The van der Waals surface area contributed by atoms with Crippen LogP contribution in [0, 0.1) is 11.3 Å². The molecule has 0 aliphatic heterocycles. The van der Waals surface area contributed by atoms with E-state index in [1.54, 1.807) is 0 Å². The van der Waals surface area contributed by atoms with Crippen molar-refractivity contribution in [2.75, 3.05) is 12.3 Å². The summed E-state index contributed by atoms with van der Waals surface area (Å²) in [6, 6.07) is 8.05. The Morgan fingerprint density at radius 3 is 2.92 bits per heavy atom. The minimum atomic E-state index is -0.0481. The predicted molar refractivity (Wildman–Crippen MR) is 91.5 cm³/mol. The van der Waals surface area contributed by atoms with Crippen molar-refractivity contribution >= 4 is 11.7 Å². The number of nitrogens with one attached hydrogen (secondary N) is 2. The third-order valence-electron chi connectivity index (χ3n) is 4.48. The second kappa shape index (κ2) is 7.18. The highest BCUT2D eigenvalue weighted by Crippen LogP contribution is 2.22. The lowest BCUT2D eigenvalue weighted by atomic mass is 9.90. The normalized spacial score (nSPS) is 13.1. The molecule has 1 aromatic carbocycles. The second-order valence-corrected chi connectivity index (χ2v) is 6.12. The fourth-order valence-corrected chi connectivity index (χ4v) is 3.14. The van der Waals surface area contributed by atoms with Gasteiger partial charge in [-0.15, -0.1) is 0 Å². The zero-order valence-electron chi connectivity index (χ0n) is 13.6. The molecule has 0 atom stereocenters. The van der Waals surface area contributed by atoms with Gasteiger partial charge in [0.25, 0.3) is 5.91 Å². The van der Waals surface area contributed by atoms with Crippen molar-refractivity contribution in [3.8, 4) is 6.07 Å². The monoisotopic (exact) mass is 323 g/mol. The van der Waals surface area contributed by atoms with Crippen LogP contribution >= 0.6 is 0 Å². The number of carbonyl (C=O) groups is 1. The van der Waals surface area contributed by atoms with E-state index >= 15 is 0 Å². The van der Waals surface area contributed by atoms with Crippen LogP contribution in [0.5, 0.6) is 0 Å². The molecule has 1 aliphatic carbocycles. The van der Waals surface area contributed by atoms with Gasteiger partial charge in [-0.3, -0.25) is 9.89 Å². The predicted octanol–water partition coefficient (Wildman–Crippen LogP) is 2.10. The minimum Gasteiger partial charge on any atom is -0.381 e. The minimum absolute atomic E-state index is 0.0481. The van der Waals surface area contributed by atoms with Gasteiger partial charge in [-0.25, -0.2) is 0 Å². The van der Waals surface area contributed by atoms with E-state index in [0.717, 1.165) is 24.1 Å². The summed E-state index contributed by atoms with van der Waals surface area (Å²) in [6.45, 7) is 0.541. The molecule has 0 unspecified atom stereocenters. The summed E-state index contributed by atoms with van der Waals surface area (Å²) in [6.07, 6.45) is 5.96. The quantitative estimate of drug-likeness (QED) is 0.732. The molecule has 124 valence electrons. The summed E-state index contributed by atoms with van der Waals surface area (Å²) in [5, 5.41) is 18.6. The first-order valence-corrected chi connectivity index (χ1v) is 8.32. The lowest BCUT2D eigenvalue weighted by molar-refractivity contribution is 0.0953. The molecule has 0 radical (unpaired) electrons. The van der Waals surface area contributed by atoms with Crippen LogP contribution in [0.1, 0.15) is 52.0 Å². The standard InChI is InChI=1S/C18H21N5O/c19-11-15-16(22-23-17(15)20)6-3-9-21-18(24)14-8-7-12-4-1-2-5-13(12)10-14/h7-8,10H,1-6,9H2,(H,21,24)(H3,20,22,23). The highest BCUT2D eigenvalue weighted by molar-refractivity contribution is 5.94. The fourth-order valence-electron chi connectivity index (χ4n) is 3.14. The van der Waals surface area contributed by atoms with Crippen molar-refractivity contribution in [1.29, 1.82) is 5.26 Å². The number of aromatic amines is 1. The highest BCUT2D eigenvalue weighted by atomic mass is 16.1. The number of nitrogens with two attached hydrogens (primary N) is 1. The number of aromatic nitrogens is 2. The lowest BCUT2D eigenvalue weighted by Crippen LogP contribution is -2.25. The molecule has 2 aromatic rings. The average molecular weight is 323 g/mol. The second-order valence-electron chi connectivity index (χ2n) is 6.12. The lowest BCUT2D eigenvalue weighted by Gasteiger charge is -2.16. The van der Waals surface area contributed by atoms with Crippen molar-refractivity contribution in [1.82, 2.24) is 15.5 Å². The number of nitriles is 1. The van der Waals surface area contributed by atoms with Crippen molar-refractivity contribution < 1.29 is 4.79 Å². The van der Waals surface area contributed by atoms with E-state index in [-0.39, 0.29) is 11.7 Å². The molecule has 3 rings (SSSR count). The summed E-state index contributed by atoms with van der Waals surface area (Å²) in [5.41, 5.74) is 10.1. The summed E-state index contributed by atoms with van der Waals surface area (Å²) in [5.74, 6) is 0.179. The summed E-state index contributed by atoms with van der Waals surface area (Å²) in [4.78, 5) is 12.3. The van der Waals surface area contributed by atoms with E-state index in [0.29, 0.717) is 24.9 Å². The summed E-state index contributed by atoms with van der Waals surface area (Å²) < 4.78 is 0. The number of fused-ring (bicyclic) bond motifs is 1. The molecule has 0 saturated carbocycles. The number of hydrogen-bond donors (Lipinski definition) is 3. The van der Waals surface area contributed by atoms with Crippen LogP contribution in [-0.2, 0) is 19.3 Å². The topological polar surface area (TPSA) is 108 Å². The number of rotatable bonds is 5. The molecule has 1 amide bonds. The van der Waals surface area contributed by atoms with Gasteiger partial charge in [-0.1, -0.05) is 6.07 Å². The summed E-state index contributed by atoms with van der Waals surface area (Å²) in [7, 11) is 0. The van der Waals surface area contributed by atoms with Gasteiger partial charge < -0.3 is 11.1 Å². The van der Waals surface area contributed by atoms with E-state index in [2.05, 4.69) is 21.6 Å². The van der Waals surface area contributed by atoms with E-state index < -0.39 is 0 Å². The van der Waals surface area contributed by atoms with Crippen LogP contribution in [0.15, 0.2) is 18.2 Å². The van der Waals surface area contributed by atoms with Crippen LogP contribution < -0.4 is 11.1 Å². The van der Waals surface area contributed by atoms with Gasteiger partial charge in [-0.2, -0.15) is 10.4 Å². The van der Waals surface area contributed by atoms with Gasteiger partial charge >= 0.3 is 0 Å². The third-order valence-corrected chi connectivity index (χ3v) is 4.48. The highest BCUT2D eigenvalue weighted by Gasteiger charge is 2.13. The Balaban J connectivity index is 1.52. The molecule has 4 N–H and O–H groups in total. The first-order valence-electron chi connectivity index (χ1n) is 8.32. The molecule has 6 nitrogen and oxygen atoms in total. The maximum atomic E-state index is 12.3. The number of hydrogen-bond acceptors (Lipinski definition) is 4. The average Bonchev–Trinajstić information content (AvgIpc) is 2.97. The molecule has 0 bridgehead atoms. The number of anilines is 1. The molecule has 1 heterocycles. The Labute approximate surface area is 141 Å². The van der Waals surface area contributed by atoms with Crippen LogP contribution in [0.3, 0.4) is 0 Å².